The van der Waals surface area contributed by atoms with Crippen molar-refractivity contribution in [2.75, 3.05) is 26.7 Å². The third-order valence-corrected chi connectivity index (χ3v) is 1.88. The summed E-state index contributed by atoms with van der Waals surface area (Å²) >= 11 is 0. The zero-order valence-corrected chi connectivity index (χ0v) is 13.1. The van der Waals surface area contributed by atoms with E-state index >= 15 is 0 Å². The second kappa shape index (κ2) is 20.8. The lowest BCUT2D eigenvalue weighted by Crippen LogP contribution is -2.35. The van der Waals surface area contributed by atoms with Crippen molar-refractivity contribution < 1.29 is 4.79 Å². The lowest BCUT2D eigenvalue weighted by Gasteiger charge is -2.15. The number of unbranched alkanes of at least 4 members (excludes halogenated alkanes) is 1. The molecule has 0 aliphatic rings. The summed E-state index contributed by atoms with van der Waals surface area (Å²) in [7, 11) is 1.99. The van der Waals surface area contributed by atoms with Gasteiger partial charge in [-0.25, -0.2) is 0 Å². The van der Waals surface area contributed by atoms with Crippen LogP contribution < -0.4 is 5.32 Å². The largest absolute Gasteiger partial charge is 0.355 e. The van der Waals surface area contributed by atoms with E-state index in [2.05, 4.69) is 24.1 Å². The maximum atomic E-state index is 11.2. The summed E-state index contributed by atoms with van der Waals surface area (Å²) in [5.74, 6) is 0.139. The minimum Gasteiger partial charge on any atom is -0.355 e. The summed E-state index contributed by atoms with van der Waals surface area (Å²) in [6.07, 6.45) is 3.35. The lowest BCUT2D eigenvalue weighted by molar-refractivity contribution is -0.121. The molecule has 0 saturated heterocycles. The van der Waals surface area contributed by atoms with E-state index in [0.717, 1.165) is 25.9 Å². The molecule has 106 valence electrons. The zero-order valence-electron chi connectivity index (χ0n) is 13.1. The van der Waals surface area contributed by atoms with Crippen LogP contribution in [0.25, 0.3) is 0 Å². The Morgan fingerprint density at radius 1 is 1.06 bits per heavy atom. The molecule has 0 aromatic heterocycles. The Hall–Kier alpha value is -0.570. The van der Waals surface area contributed by atoms with Crippen molar-refractivity contribution in [2.45, 2.75) is 60.8 Å². The first kappa shape index (κ1) is 21.7. The van der Waals surface area contributed by atoms with Gasteiger partial charge in [0.05, 0.1) is 6.54 Å². The van der Waals surface area contributed by atoms with Crippen molar-refractivity contribution in [1.82, 2.24) is 10.2 Å². The molecule has 3 heteroatoms. The fourth-order valence-electron chi connectivity index (χ4n) is 1.07. The quantitative estimate of drug-likeness (QED) is 0.747. The second-order valence-electron chi connectivity index (χ2n) is 3.44. The number of hydrogen-bond donors (Lipinski definition) is 1. The highest BCUT2D eigenvalue weighted by atomic mass is 16.1. The standard InChI is InChI=1S/C10H22N2O.2C2H6/c1-4-6-8-12(3)9-10(13)11-7-5-2;2*1-2/h4-9H2,1-3H3,(H,11,13);2*1-2H3. The van der Waals surface area contributed by atoms with Crippen LogP contribution in [0.1, 0.15) is 60.8 Å². The fraction of sp³-hybridized carbons (Fsp3) is 0.929. The number of carbonyl (C=O) groups is 1. The summed E-state index contributed by atoms with van der Waals surface area (Å²) in [4.78, 5) is 13.3. The van der Waals surface area contributed by atoms with Gasteiger partial charge < -0.3 is 5.32 Å². The Morgan fingerprint density at radius 3 is 2.00 bits per heavy atom. The number of carbonyl (C=O) groups excluding carboxylic acids is 1. The number of amides is 1. The summed E-state index contributed by atoms with van der Waals surface area (Å²) < 4.78 is 0. The predicted octanol–water partition coefficient (Wildman–Crippen LogP) is 3.30. The van der Waals surface area contributed by atoms with Gasteiger partial charge in [-0.1, -0.05) is 48.0 Å². The molecule has 17 heavy (non-hydrogen) atoms. The molecule has 0 saturated carbocycles. The molecule has 0 aromatic carbocycles. The molecular formula is C14H34N2O. The average Bonchev–Trinajstić information content (AvgIpc) is 2.38. The average molecular weight is 246 g/mol. The number of nitrogens with one attached hydrogen (secondary N) is 1. The Balaban J connectivity index is -0.000000439. The predicted molar refractivity (Wildman–Crippen MR) is 78.4 cm³/mol. The summed E-state index contributed by atoms with van der Waals surface area (Å²) in [6, 6.07) is 0. The van der Waals surface area contributed by atoms with Gasteiger partial charge in [0.15, 0.2) is 0 Å². The van der Waals surface area contributed by atoms with Gasteiger partial charge in [0.1, 0.15) is 0 Å². The Bertz CT molecular complexity index is 138. The molecule has 0 aromatic rings. The van der Waals surface area contributed by atoms with Gasteiger partial charge >= 0.3 is 0 Å². The van der Waals surface area contributed by atoms with Crippen molar-refractivity contribution in [3.63, 3.8) is 0 Å². The third-order valence-electron chi connectivity index (χ3n) is 1.88. The molecule has 0 rings (SSSR count). The highest BCUT2D eigenvalue weighted by molar-refractivity contribution is 5.77. The van der Waals surface area contributed by atoms with Crippen LogP contribution in [0.2, 0.25) is 0 Å². The molecule has 0 bridgehead atoms. The second-order valence-corrected chi connectivity index (χ2v) is 3.44. The van der Waals surface area contributed by atoms with E-state index in [0.29, 0.717) is 6.54 Å². The summed E-state index contributed by atoms with van der Waals surface area (Å²) in [5.41, 5.74) is 0. The molecule has 0 aliphatic carbocycles. The Labute approximate surface area is 109 Å². The molecule has 0 aliphatic heterocycles. The van der Waals surface area contributed by atoms with Crippen molar-refractivity contribution in [3.05, 3.63) is 0 Å². The molecule has 0 unspecified atom stereocenters. The van der Waals surface area contributed by atoms with Crippen LogP contribution in [0.3, 0.4) is 0 Å². The van der Waals surface area contributed by atoms with Crippen LogP contribution in [0.15, 0.2) is 0 Å². The smallest absolute Gasteiger partial charge is 0.234 e. The third kappa shape index (κ3) is 21.3. The van der Waals surface area contributed by atoms with Crippen LogP contribution in [-0.4, -0.2) is 37.5 Å². The molecule has 1 amide bonds. The minimum atomic E-state index is 0.139. The van der Waals surface area contributed by atoms with Crippen LogP contribution >= 0.6 is 0 Å². The first-order valence-corrected chi connectivity index (χ1v) is 7.16. The maximum absolute atomic E-state index is 11.2. The molecular weight excluding hydrogens is 212 g/mol. The van der Waals surface area contributed by atoms with E-state index in [1.165, 1.54) is 6.42 Å². The van der Waals surface area contributed by atoms with Gasteiger partial charge in [-0.15, -0.1) is 0 Å². The fourth-order valence-corrected chi connectivity index (χ4v) is 1.07. The van der Waals surface area contributed by atoms with Crippen molar-refractivity contribution in [3.8, 4) is 0 Å². The molecule has 3 nitrogen and oxygen atoms in total. The first-order chi connectivity index (χ1) is 8.20. The molecule has 1 N–H and O–H groups in total. The van der Waals surface area contributed by atoms with Crippen molar-refractivity contribution >= 4 is 5.91 Å². The normalized spacial score (nSPS) is 8.71. The van der Waals surface area contributed by atoms with Crippen LogP contribution in [0, 0.1) is 0 Å². The molecule has 0 fully saturated rings. The lowest BCUT2D eigenvalue weighted by atomic mass is 10.3. The zero-order chi connectivity index (χ0) is 14.1. The van der Waals surface area contributed by atoms with Gasteiger partial charge in [-0.2, -0.15) is 0 Å². The molecule has 0 heterocycles. The van der Waals surface area contributed by atoms with E-state index in [1.54, 1.807) is 0 Å². The van der Waals surface area contributed by atoms with Gasteiger partial charge in [0, 0.05) is 6.54 Å². The van der Waals surface area contributed by atoms with Crippen LogP contribution in [0.5, 0.6) is 0 Å². The maximum Gasteiger partial charge on any atom is 0.234 e. The Kier molecular flexibility index (Phi) is 26.5. The monoisotopic (exact) mass is 246 g/mol. The van der Waals surface area contributed by atoms with E-state index in [4.69, 9.17) is 0 Å². The van der Waals surface area contributed by atoms with Gasteiger partial charge in [0.25, 0.3) is 0 Å². The van der Waals surface area contributed by atoms with Crippen molar-refractivity contribution in [1.29, 1.82) is 0 Å². The Morgan fingerprint density at radius 2 is 1.59 bits per heavy atom. The summed E-state index contributed by atoms with van der Waals surface area (Å²) in [5, 5.41) is 2.86. The highest BCUT2D eigenvalue weighted by Gasteiger charge is 2.03. The number of rotatable bonds is 7. The first-order valence-electron chi connectivity index (χ1n) is 7.16. The van der Waals surface area contributed by atoms with Crippen LogP contribution in [0.4, 0.5) is 0 Å². The number of hydrogen-bond acceptors (Lipinski definition) is 2. The number of nitrogens with zero attached hydrogens (tertiary/aromatic N) is 1. The highest BCUT2D eigenvalue weighted by Crippen LogP contribution is 1.90. The topological polar surface area (TPSA) is 32.3 Å². The van der Waals surface area contributed by atoms with Gasteiger partial charge in [0.2, 0.25) is 5.91 Å². The molecule has 0 radical (unpaired) electrons. The van der Waals surface area contributed by atoms with Crippen molar-refractivity contribution in [2.24, 2.45) is 0 Å². The molecule has 0 atom stereocenters. The molecule has 0 spiro atoms. The SMILES string of the molecule is CC.CC.CCCCN(C)CC(=O)NCCC. The van der Waals surface area contributed by atoms with Crippen LogP contribution in [-0.2, 0) is 4.79 Å². The summed E-state index contributed by atoms with van der Waals surface area (Å²) in [6.45, 7) is 14.5. The minimum absolute atomic E-state index is 0.139. The number of likely N-dealkylation sites (N-methyl/N-ethyl adjacent to an activating group) is 1. The van der Waals surface area contributed by atoms with Gasteiger partial charge in [-0.05, 0) is 26.4 Å². The van der Waals surface area contributed by atoms with Gasteiger partial charge in [-0.3, -0.25) is 9.69 Å². The van der Waals surface area contributed by atoms with E-state index in [9.17, 15) is 4.79 Å². The van der Waals surface area contributed by atoms with E-state index < -0.39 is 0 Å². The van der Waals surface area contributed by atoms with E-state index in [-0.39, 0.29) is 5.91 Å². The van der Waals surface area contributed by atoms with E-state index in [1.807, 2.05) is 34.7 Å².